The van der Waals surface area contributed by atoms with Crippen molar-refractivity contribution in [2.75, 3.05) is 7.11 Å². The summed E-state index contributed by atoms with van der Waals surface area (Å²) < 4.78 is 10.5. The summed E-state index contributed by atoms with van der Waals surface area (Å²) in [7, 11) is 1.59. The van der Waals surface area contributed by atoms with E-state index in [4.69, 9.17) is 14.4 Å². The summed E-state index contributed by atoms with van der Waals surface area (Å²) in [6, 6.07) is 7.41. The average molecular weight is 261 g/mol. The Balaban J connectivity index is 2.36. The van der Waals surface area contributed by atoms with Gasteiger partial charge >= 0.3 is 5.97 Å². The summed E-state index contributed by atoms with van der Waals surface area (Å²) >= 11 is 0. The molecule has 1 N–H and O–H groups in total. The Bertz CT molecular complexity index is 589. The van der Waals surface area contributed by atoms with Crippen LogP contribution in [0.2, 0.25) is 0 Å². The van der Waals surface area contributed by atoms with E-state index in [-0.39, 0.29) is 6.42 Å². The van der Waals surface area contributed by atoms with Crippen molar-refractivity contribution in [2.24, 2.45) is 0 Å². The van der Waals surface area contributed by atoms with E-state index in [9.17, 15) is 4.79 Å². The van der Waals surface area contributed by atoms with Crippen LogP contribution >= 0.6 is 0 Å². The van der Waals surface area contributed by atoms with E-state index in [1.54, 1.807) is 7.11 Å². The smallest absolute Gasteiger partial charge is 0.303 e. The molecule has 19 heavy (non-hydrogen) atoms. The first-order valence-corrected chi connectivity index (χ1v) is 5.93. The molecule has 0 saturated carbocycles. The lowest BCUT2D eigenvalue weighted by Gasteiger charge is -2.04. The van der Waals surface area contributed by atoms with Crippen LogP contribution in [0.1, 0.15) is 17.7 Å². The molecule has 0 aliphatic rings. The summed E-state index contributed by atoms with van der Waals surface area (Å²) in [5.74, 6) is 0.491. The fraction of sp³-hybridized carbons (Fsp3) is 0.286. The highest BCUT2D eigenvalue weighted by atomic mass is 16.5. The third-order valence-electron chi connectivity index (χ3n) is 2.91. The Morgan fingerprint density at radius 1 is 1.47 bits per heavy atom. The summed E-state index contributed by atoms with van der Waals surface area (Å²) in [6.45, 7) is 1.81. The molecule has 5 nitrogen and oxygen atoms in total. The molecule has 0 amide bonds. The number of benzene rings is 1. The van der Waals surface area contributed by atoms with E-state index in [1.807, 2.05) is 31.2 Å². The van der Waals surface area contributed by atoms with Crippen LogP contribution in [0.3, 0.4) is 0 Å². The number of aliphatic carboxylic acids is 1. The zero-order valence-electron chi connectivity index (χ0n) is 10.8. The Morgan fingerprint density at radius 2 is 2.26 bits per heavy atom. The lowest BCUT2D eigenvalue weighted by molar-refractivity contribution is -0.136. The van der Waals surface area contributed by atoms with Crippen LogP contribution in [0, 0.1) is 6.92 Å². The number of aromatic nitrogens is 1. The molecule has 0 spiro atoms. The van der Waals surface area contributed by atoms with Crippen molar-refractivity contribution in [2.45, 2.75) is 19.8 Å². The minimum Gasteiger partial charge on any atom is -0.497 e. The first kappa shape index (κ1) is 13.1. The van der Waals surface area contributed by atoms with Gasteiger partial charge in [0, 0.05) is 17.5 Å². The summed E-state index contributed by atoms with van der Waals surface area (Å²) in [6.07, 6.45) is 0.455. The van der Waals surface area contributed by atoms with Gasteiger partial charge in [-0.2, -0.15) is 0 Å². The van der Waals surface area contributed by atoms with Gasteiger partial charge in [-0.25, -0.2) is 0 Å². The number of ether oxygens (including phenoxy) is 1. The molecule has 0 fully saturated rings. The topological polar surface area (TPSA) is 72.6 Å². The molecule has 1 heterocycles. The second kappa shape index (κ2) is 5.56. The van der Waals surface area contributed by atoms with E-state index < -0.39 is 5.97 Å². The van der Waals surface area contributed by atoms with Crippen molar-refractivity contribution in [3.05, 3.63) is 35.5 Å². The normalized spacial score (nSPS) is 10.4. The fourth-order valence-electron chi connectivity index (χ4n) is 1.91. The maximum absolute atomic E-state index is 10.7. The van der Waals surface area contributed by atoms with E-state index in [0.717, 1.165) is 22.6 Å². The largest absolute Gasteiger partial charge is 0.497 e. The van der Waals surface area contributed by atoms with Crippen molar-refractivity contribution in [3.63, 3.8) is 0 Å². The monoisotopic (exact) mass is 261 g/mol. The SMILES string of the molecule is COc1cccc(-c2onc(C)c2CCC(=O)O)c1. The van der Waals surface area contributed by atoms with Crippen molar-refractivity contribution in [1.82, 2.24) is 5.16 Å². The second-order valence-electron chi connectivity index (χ2n) is 4.20. The van der Waals surface area contributed by atoms with Crippen molar-refractivity contribution in [3.8, 4) is 17.1 Å². The molecule has 0 saturated heterocycles. The van der Waals surface area contributed by atoms with E-state index in [0.29, 0.717) is 12.2 Å². The standard InChI is InChI=1S/C14H15NO4/c1-9-12(6-7-13(16)17)14(19-15-9)10-4-3-5-11(8-10)18-2/h3-5,8H,6-7H2,1-2H3,(H,16,17). The van der Waals surface area contributed by atoms with Crippen LogP contribution < -0.4 is 4.74 Å². The van der Waals surface area contributed by atoms with Crippen LogP contribution in [0.5, 0.6) is 5.75 Å². The highest BCUT2D eigenvalue weighted by Gasteiger charge is 2.16. The van der Waals surface area contributed by atoms with Crippen LogP contribution in [0.25, 0.3) is 11.3 Å². The minimum absolute atomic E-state index is 0.0546. The van der Waals surface area contributed by atoms with Gasteiger partial charge in [-0.3, -0.25) is 4.79 Å². The quantitative estimate of drug-likeness (QED) is 0.895. The second-order valence-corrected chi connectivity index (χ2v) is 4.20. The minimum atomic E-state index is -0.836. The predicted octanol–water partition coefficient (Wildman–Crippen LogP) is 2.68. The number of hydrogen-bond acceptors (Lipinski definition) is 4. The van der Waals surface area contributed by atoms with Crippen molar-refractivity contribution in [1.29, 1.82) is 0 Å². The first-order valence-electron chi connectivity index (χ1n) is 5.93. The zero-order chi connectivity index (χ0) is 13.8. The molecule has 0 bridgehead atoms. The third-order valence-corrected chi connectivity index (χ3v) is 2.91. The van der Waals surface area contributed by atoms with Gasteiger partial charge in [0.15, 0.2) is 5.76 Å². The predicted molar refractivity (Wildman–Crippen MR) is 69.2 cm³/mol. The van der Waals surface area contributed by atoms with E-state index in [2.05, 4.69) is 5.16 Å². The number of hydrogen-bond donors (Lipinski definition) is 1. The van der Waals surface area contributed by atoms with Gasteiger partial charge in [-0.05, 0) is 25.5 Å². The number of rotatable bonds is 5. The molecule has 1 aromatic carbocycles. The van der Waals surface area contributed by atoms with Gasteiger partial charge in [0.05, 0.1) is 12.8 Å². The maximum Gasteiger partial charge on any atom is 0.303 e. The molecule has 2 aromatic rings. The van der Waals surface area contributed by atoms with Gasteiger partial charge in [-0.15, -0.1) is 0 Å². The van der Waals surface area contributed by atoms with Crippen molar-refractivity contribution < 1.29 is 19.2 Å². The average Bonchev–Trinajstić information content (AvgIpc) is 2.77. The molecule has 0 aliphatic carbocycles. The molecule has 2 rings (SSSR count). The first-order chi connectivity index (χ1) is 9.11. The molecule has 0 aliphatic heterocycles. The molecule has 0 radical (unpaired) electrons. The zero-order valence-corrected chi connectivity index (χ0v) is 10.8. The number of methoxy groups -OCH3 is 1. The number of aryl methyl sites for hydroxylation is 1. The highest BCUT2D eigenvalue weighted by molar-refractivity contribution is 5.69. The Kier molecular flexibility index (Phi) is 3.85. The van der Waals surface area contributed by atoms with Gasteiger partial charge in [0.25, 0.3) is 0 Å². The van der Waals surface area contributed by atoms with Crippen LogP contribution in [-0.2, 0) is 11.2 Å². The molecule has 0 unspecified atom stereocenters. The maximum atomic E-state index is 10.7. The van der Waals surface area contributed by atoms with Crippen LogP contribution in [0.4, 0.5) is 0 Å². The number of carboxylic acid groups (broad SMARTS) is 1. The summed E-state index contributed by atoms with van der Waals surface area (Å²) in [5.41, 5.74) is 2.38. The Morgan fingerprint density at radius 3 is 2.95 bits per heavy atom. The van der Waals surface area contributed by atoms with E-state index in [1.165, 1.54) is 0 Å². The number of nitrogens with zero attached hydrogens (tertiary/aromatic N) is 1. The van der Waals surface area contributed by atoms with Crippen LogP contribution in [0.15, 0.2) is 28.8 Å². The molecular weight excluding hydrogens is 246 g/mol. The Labute approximate surface area is 110 Å². The Hall–Kier alpha value is -2.30. The molecular formula is C14H15NO4. The molecule has 5 heteroatoms. The number of carboxylic acids is 1. The van der Waals surface area contributed by atoms with Gasteiger partial charge in [0.2, 0.25) is 0 Å². The summed E-state index contributed by atoms with van der Waals surface area (Å²) in [4.78, 5) is 10.7. The lowest BCUT2D eigenvalue weighted by atomic mass is 10.0. The van der Waals surface area contributed by atoms with Gasteiger partial charge < -0.3 is 14.4 Å². The molecule has 100 valence electrons. The fourth-order valence-corrected chi connectivity index (χ4v) is 1.91. The molecule has 1 aromatic heterocycles. The van der Waals surface area contributed by atoms with Crippen molar-refractivity contribution >= 4 is 5.97 Å². The van der Waals surface area contributed by atoms with E-state index >= 15 is 0 Å². The van der Waals surface area contributed by atoms with Crippen LogP contribution in [-0.4, -0.2) is 23.3 Å². The van der Waals surface area contributed by atoms with Gasteiger partial charge in [-0.1, -0.05) is 17.3 Å². The van der Waals surface area contributed by atoms with Gasteiger partial charge in [0.1, 0.15) is 5.75 Å². The summed E-state index contributed by atoms with van der Waals surface area (Å²) in [5, 5.41) is 12.7. The highest BCUT2D eigenvalue weighted by Crippen LogP contribution is 2.29. The number of carbonyl (C=O) groups is 1. The molecule has 0 atom stereocenters. The third kappa shape index (κ3) is 2.93. The lowest BCUT2D eigenvalue weighted by Crippen LogP contribution is -1.99.